The first kappa shape index (κ1) is 55.7. The van der Waals surface area contributed by atoms with Gasteiger partial charge in [0.25, 0.3) is 11.8 Å². The first-order chi connectivity index (χ1) is 36.1. The smallest absolute Gasteiger partial charge is 0.303 e. The van der Waals surface area contributed by atoms with Crippen molar-refractivity contribution in [3.8, 4) is 46.0 Å². The summed E-state index contributed by atoms with van der Waals surface area (Å²) in [5.41, 5.74) is 6.11. The first-order valence-corrected chi connectivity index (χ1v) is 24.3. The van der Waals surface area contributed by atoms with Crippen molar-refractivity contribution in [2.75, 3.05) is 82.9 Å². The average molecular weight is 1020 g/mol. The number of methoxy groups -OCH3 is 4. The lowest BCUT2D eigenvalue weighted by atomic mass is 10.0. The molecule has 1 aliphatic heterocycles. The lowest BCUT2D eigenvalue weighted by Gasteiger charge is -2.26. The van der Waals surface area contributed by atoms with Crippen LogP contribution in [0.25, 0.3) is 23.3 Å². The number of carbonyl (C=O) groups excluding carboxylic acids is 3. The van der Waals surface area contributed by atoms with Crippen molar-refractivity contribution in [1.29, 1.82) is 0 Å². The quantitative estimate of drug-likeness (QED) is 0.0570. The largest absolute Gasteiger partial charge is 0.497 e. The predicted octanol–water partition coefficient (Wildman–Crippen LogP) is 10.1. The van der Waals surface area contributed by atoms with Gasteiger partial charge in [-0.3, -0.25) is 19.2 Å². The van der Waals surface area contributed by atoms with Crippen molar-refractivity contribution in [2.24, 2.45) is 0 Å². The molecule has 15 heteroatoms. The molecule has 0 saturated carbocycles. The summed E-state index contributed by atoms with van der Waals surface area (Å²) in [6.45, 7) is 2.56. The second-order valence-electron chi connectivity index (χ2n) is 17.7. The van der Waals surface area contributed by atoms with Crippen molar-refractivity contribution in [3.63, 3.8) is 0 Å². The summed E-state index contributed by atoms with van der Waals surface area (Å²) < 4.78 is 38.7. The highest BCUT2D eigenvalue weighted by Crippen LogP contribution is 2.32. The number of likely N-dealkylation sites (N-methyl/N-ethyl adjacent to an activating group) is 2. The highest BCUT2D eigenvalue weighted by Gasteiger charge is 2.19. The molecule has 3 amide bonds. The fourth-order valence-electron chi connectivity index (χ4n) is 7.78. The third kappa shape index (κ3) is 16.7. The van der Waals surface area contributed by atoms with Crippen LogP contribution in [0, 0.1) is 0 Å². The molecule has 0 bridgehead atoms. The number of aryl methyl sites for hydroxylation is 2. The van der Waals surface area contributed by atoms with E-state index in [1.54, 1.807) is 91.9 Å². The maximum absolute atomic E-state index is 13.1. The summed E-state index contributed by atoms with van der Waals surface area (Å²) in [6, 6.07) is 40.7. The molecule has 6 aromatic rings. The molecule has 75 heavy (non-hydrogen) atoms. The molecule has 0 unspecified atom stereocenters. The van der Waals surface area contributed by atoms with Crippen LogP contribution in [0.1, 0.15) is 46.2 Å². The zero-order valence-electron chi connectivity index (χ0n) is 43.8. The monoisotopic (exact) mass is 1020 g/mol. The van der Waals surface area contributed by atoms with Gasteiger partial charge >= 0.3 is 5.97 Å². The lowest BCUT2D eigenvalue weighted by molar-refractivity contribution is -0.137. The van der Waals surface area contributed by atoms with E-state index in [9.17, 15) is 19.2 Å². The topological polar surface area (TPSA) is 163 Å². The van der Waals surface area contributed by atoms with Gasteiger partial charge in [0.15, 0.2) is 0 Å². The van der Waals surface area contributed by atoms with Gasteiger partial charge in [-0.25, -0.2) is 0 Å². The van der Waals surface area contributed by atoms with Crippen LogP contribution in [-0.4, -0.2) is 126 Å². The van der Waals surface area contributed by atoms with Crippen molar-refractivity contribution in [2.45, 2.75) is 25.7 Å². The summed E-state index contributed by atoms with van der Waals surface area (Å²) in [4.78, 5) is 54.1. The molecular formula is C60H65N3O12. The Morgan fingerprint density at radius 3 is 1.15 bits per heavy atom. The van der Waals surface area contributed by atoms with E-state index in [0.29, 0.717) is 103 Å². The summed E-state index contributed by atoms with van der Waals surface area (Å²) in [5, 5.41) is 8.82. The van der Waals surface area contributed by atoms with Gasteiger partial charge in [0.2, 0.25) is 5.91 Å². The molecule has 392 valence electrons. The Balaban J connectivity index is 0.000000246. The van der Waals surface area contributed by atoms with E-state index in [1.807, 2.05) is 120 Å². The number of carboxylic acids is 1. The standard InChI is InChI=1S/C32H36N2O6.C28H29NO6/c1-33(2)32(36)30(21-24-19-28(37-3)22-29(20-24)38-4)25-8-12-27(13-9-25)40-26-10-5-23(6-11-26)7-14-31(35)34-15-17-39-18-16-34;1-29(2)28(32)26(17-20-15-24(33-3)18-25(16-20)34-4)21-8-12-23(13-9-21)35-22-10-5-19(6-11-22)7-14-27(30)31/h5-6,8-13,19-22H,7,14-18H2,1-4H3;5-6,8-13,15-18H,7,14H2,1-4H3,(H,30,31)/b30-21+;26-17+. The minimum Gasteiger partial charge on any atom is -0.497 e. The molecule has 1 saturated heterocycles. The summed E-state index contributed by atoms with van der Waals surface area (Å²) in [7, 11) is 13.2. The Labute approximate surface area is 439 Å². The molecule has 0 atom stereocenters. The Hall–Kier alpha value is -8.56. The van der Waals surface area contributed by atoms with E-state index >= 15 is 0 Å². The number of benzene rings is 6. The van der Waals surface area contributed by atoms with Crippen molar-refractivity contribution in [3.05, 3.63) is 167 Å². The molecule has 0 aliphatic carbocycles. The zero-order valence-corrected chi connectivity index (χ0v) is 43.8. The number of carbonyl (C=O) groups is 4. The van der Waals surface area contributed by atoms with Gasteiger partial charge in [-0.05, 0) is 131 Å². The zero-order chi connectivity index (χ0) is 53.9. The third-order valence-corrected chi connectivity index (χ3v) is 11.9. The molecule has 1 heterocycles. The van der Waals surface area contributed by atoms with Crippen molar-refractivity contribution < 1.29 is 57.4 Å². The molecule has 15 nitrogen and oxygen atoms in total. The first-order valence-electron chi connectivity index (χ1n) is 24.3. The Kier molecular flexibility index (Phi) is 20.4. The highest BCUT2D eigenvalue weighted by atomic mass is 16.5. The van der Waals surface area contributed by atoms with E-state index in [1.165, 1.54) is 4.90 Å². The van der Waals surface area contributed by atoms with Gasteiger partial charge in [0.05, 0.1) is 41.7 Å². The van der Waals surface area contributed by atoms with Crippen LogP contribution >= 0.6 is 0 Å². The minimum absolute atomic E-state index is 0.0890. The molecule has 7 rings (SSSR count). The minimum atomic E-state index is -0.822. The molecule has 0 radical (unpaired) electrons. The molecular weight excluding hydrogens is 955 g/mol. The summed E-state index contributed by atoms with van der Waals surface area (Å²) >= 11 is 0. The van der Waals surface area contributed by atoms with Gasteiger partial charge in [-0.2, -0.15) is 0 Å². The third-order valence-electron chi connectivity index (χ3n) is 11.9. The number of hydrogen-bond acceptors (Lipinski definition) is 11. The van der Waals surface area contributed by atoms with E-state index < -0.39 is 5.97 Å². The number of ether oxygens (including phenoxy) is 7. The Morgan fingerprint density at radius 2 is 0.827 bits per heavy atom. The summed E-state index contributed by atoms with van der Waals surface area (Å²) in [6.07, 6.45) is 5.35. The fourth-order valence-corrected chi connectivity index (χ4v) is 7.78. The number of morpholine rings is 1. The lowest BCUT2D eigenvalue weighted by Crippen LogP contribution is -2.40. The van der Waals surface area contributed by atoms with Crippen LogP contribution in [0.2, 0.25) is 0 Å². The normalized spacial score (nSPS) is 12.3. The maximum atomic E-state index is 13.1. The summed E-state index contributed by atoms with van der Waals surface area (Å²) in [5.74, 6) is 4.21. The van der Waals surface area contributed by atoms with E-state index in [0.717, 1.165) is 33.4 Å². The second kappa shape index (κ2) is 27.5. The van der Waals surface area contributed by atoms with Gasteiger partial charge in [0, 0.05) is 77.4 Å². The highest BCUT2D eigenvalue weighted by molar-refractivity contribution is 6.24. The Bertz CT molecular complexity index is 2880. The SMILES string of the molecule is COc1cc(/C=C(/C(=O)N(C)C)c2ccc(Oc3ccc(CCC(=O)N4CCOCC4)cc3)cc2)cc(OC)c1.COc1cc(/C=C(/C(=O)N(C)C)c2ccc(Oc3ccc(CCC(=O)O)cc3)cc2)cc(OC)c1. The van der Waals surface area contributed by atoms with Crippen molar-refractivity contribution >= 4 is 47.0 Å². The van der Waals surface area contributed by atoms with Gasteiger partial charge in [-0.15, -0.1) is 0 Å². The van der Waals surface area contributed by atoms with E-state index in [-0.39, 0.29) is 24.1 Å². The number of aliphatic carboxylic acids is 1. The Morgan fingerprint density at radius 1 is 0.493 bits per heavy atom. The molecule has 0 aromatic heterocycles. The molecule has 6 aromatic carbocycles. The number of nitrogens with zero attached hydrogens (tertiary/aromatic N) is 3. The van der Waals surface area contributed by atoms with E-state index in [4.69, 9.17) is 38.3 Å². The van der Waals surface area contributed by atoms with Crippen LogP contribution in [-0.2, 0) is 36.8 Å². The van der Waals surface area contributed by atoms with Crippen LogP contribution in [0.5, 0.6) is 46.0 Å². The van der Waals surface area contributed by atoms with Gasteiger partial charge < -0.3 is 53.0 Å². The van der Waals surface area contributed by atoms with Crippen LogP contribution in [0.3, 0.4) is 0 Å². The van der Waals surface area contributed by atoms with Gasteiger partial charge in [-0.1, -0.05) is 48.5 Å². The number of rotatable bonds is 20. The predicted molar refractivity (Wildman–Crippen MR) is 290 cm³/mol. The molecule has 1 fully saturated rings. The van der Waals surface area contributed by atoms with Crippen LogP contribution in [0.4, 0.5) is 0 Å². The molecule has 1 aliphatic rings. The average Bonchev–Trinajstić information content (AvgIpc) is 3.43. The second-order valence-corrected chi connectivity index (χ2v) is 17.7. The maximum Gasteiger partial charge on any atom is 0.303 e. The molecule has 1 N–H and O–H groups in total. The fraction of sp³-hybridized carbons (Fsp3) is 0.267. The number of carboxylic acid groups (broad SMARTS) is 1. The molecule has 0 spiro atoms. The van der Waals surface area contributed by atoms with Gasteiger partial charge in [0.1, 0.15) is 46.0 Å². The van der Waals surface area contributed by atoms with Crippen LogP contribution in [0.15, 0.2) is 133 Å². The number of amides is 3. The number of hydrogen-bond donors (Lipinski definition) is 1. The van der Waals surface area contributed by atoms with Crippen molar-refractivity contribution in [1.82, 2.24) is 14.7 Å². The van der Waals surface area contributed by atoms with Crippen LogP contribution < -0.4 is 28.4 Å². The van der Waals surface area contributed by atoms with E-state index in [2.05, 4.69) is 0 Å².